The van der Waals surface area contributed by atoms with Gasteiger partial charge in [0, 0.05) is 25.2 Å². The normalized spacial score (nSPS) is 15.5. The zero-order valence-corrected chi connectivity index (χ0v) is 11.8. The first-order chi connectivity index (χ1) is 8.07. The number of hydrogen-bond acceptors (Lipinski definition) is 4. The first-order valence-electron chi connectivity index (χ1n) is 6.22. The van der Waals surface area contributed by atoms with Crippen molar-refractivity contribution in [1.82, 2.24) is 4.90 Å². The van der Waals surface area contributed by atoms with Gasteiger partial charge in [-0.2, -0.15) is 11.3 Å². The predicted molar refractivity (Wildman–Crippen MR) is 74.3 cm³/mol. The zero-order chi connectivity index (χ0) is 12.8. The van der Waals surface area contributed by atoms with Gasteiger partial charge in [0.15, 0.2) is 0 Å². The summed E-state index contributed by atoms with van der Waals surface area (Å²) >= 11 is 1.71. The summed E-state index contributed by atoms with van der Waals surface area (Å²) in [5.41, 5.74) is 7.43. The molecular formula is C13H24N2OS. The molecule has 2 unspecified atom stereocenters. The van der Waals surface area contributed by atoms with Gasteiger partial charge in [-0.05, 0) is 49.6 Å². The summed E-state index contributed by atoms with van der Waals surface area (Å²) < 4.78 is 0. The molecular weight excluding hydrogens is 232 g/mol. The van der Waals surface area contributed by atoms with Gasteiger partial charge in [-0.3, -0.25) is 4.90 Å². The van der Waals surface area contributed by atoms with Crippen LogP contribution in [0.2, 0.25) is 0 Å². The number of nitrogens with zero attached hydrogens (tertiary/aromatic N) is 1. The smallest absolute Gasteiger partial charge is 0.0507 e. The second kappa shape index (κ2) is 7.11. The van der Waals surface area contributed by atoms with Crippen LogP contribution >= 0.6 is 11.3 Å². The van der Waals surface area contributed by atoms with E-state index in [2.05, 4.69) is 42.5 Å². The molecule has 1 heterocycles. The van der Waals surface area contributed by atoms with Crippen LogP contribution in [0.15, 0.2) is 16.8 Å². The van der Waals surface area contributed by atoms with Gasteiger partial charge in [-0.25, -0.2) is 0 Å². The van der Waals surface area contributed by atoms with Crippen LogP contribution in [0.3, 0.4) is 0 Å². The van der Waals surface area contributed by atoms with Crippen molar-refractivity contribution in [3.63, 3.8) is 0 Å². The van der Waals surface area contributed by atoms with Crippen molar-refractivity contribution in [2.75, 3.05) is 13.2 Å². The Morgan fingerprint density at radius 1 is 1.41 bits per heavy atom. The van der Waals surface area contributed by atoms with Gasteiger partial charge < -0.3 is 10.8 Å². The number of aliphatic hydroxyl groups is 1. The molecule has 3 nitrogen and oxygen atoms in total. The molecule has 0 bridgehead atoms. The summed E-state index contributed by atoms with van der Waals surface area (Å²) in [4.78, 5) is 2.38. The Labute approximate surface area is 108 Å². The molecule has 1 rings (SSSR count). The molecule has 0 saturated carbocycles. The number of aliphatic hydroxyl groups excluding tert-OH is 1. The highest BCUT2D eigenvalue weighted by Gasteiger charge is 2.25. The molecule has 1 aromatic heterocycles. The second-order valence-corrected chi connectivity index (χ2v) is 5.55. The molecule has 98 valence electrons. The molecule has 4 heteroatoms. The van der Waals surface area contributed by atoms with Gasteiger partial charge in [0.05, 0.1) is 6.04 Å². The summed E-state index contributed by atoms with van der Waals surface area (Å²) in [5.74, 6) is 0. The van der Waals surface area contributed by atoms with Crippen LogP contribution in [0, 0.1) is 0 Å². The fourth-order valence-corrected chi connectivity index (χ4v) is 2.90. The summed E-state index contributed by atoms with van der Waals surface area (Å²) in [7, 11) is 0. The number of rotatable bonds is 7. The lowest BCUT2D eigenvalue weighted by atomic mass is 10.0. The maximum absolute atomic E-state index is 8.99. The minimum Gasteiger partial charge on any atom is -0.396 e. The molecule has 0 aliphatic heterocycles. The minimum atomic E-state index is 0.0886. The van der Waals surface area contributed by atoms with E-state index in [1.165, 1.54) is 5.56 Å². The van der Waals surface area contributed by atoms with E-state index >= 15 is 0 Å². The topological polar surface area (TPSA) is 49.5 Å². The first kappa shape index (κ1) is 14.6. The molecule has 0 amide bonds. The molecule has 2 atom stereocenters. The third-order valence-corrected chi connectivity index (χ3v) is 3.68. The van der Waals surface area contributed by atoms with E-state index < -0.39 is 0 Å². The summed E-state index contributed by atoms with van der Waals surface area (Å²) in [6.45, 7) is 7.53. The van der Waals surface area contributed by atoms with Crippen molar-refractivity contribution in [3.05, 3.63) is 22.4 Å². The van der Waals surface area contributed by atoms with Crippen LogP contribution < -0.4 is 5.73 Å². The van der Waals surface area contributed by atoms with Gasteiger partial charge in [0.2, 0.25) is 0 Å². The van der Waals surface area contributed by atoms with Crippen molar-refractivity contribution < 1.29 is 5.11 Å². The summed E-state index contributed by atoms with van der Waals surface area (Å²) in [6.07, 6.45) is 0.797. The fourth-order valence-electron chi connectivity index (χ4n) is 2.21. The van der Waals surface area contributed by atoms with Crippen molar-refractivity contribution in [2.24, 2.45) is 5.73 Å². The SMILES string of the molecule is CC(N)C(c1ccsc1)N(CCCO)C(C)C. The fraction of sp³-hybridized carbons (Fsp3) is 0.692. The number of thiophene rings is 1. The lowest BCUT2D eigenvalue weighted by Gasteiger charge is -2.37. The van der Waals surface area contributed by atoms with Crippen LogP contribution in [-0.2, 0) is 0 Å². The predicted octanol–water partition coefficient (Wildman–Crippen LogP) is 2.23. The van der Waals surface area contributed by atoms with Gasteiger partial charge in [-0.1, -0.05) is 0 Å². The average molecular weight is 256 g/mol. The monoisotopic (exact) mass is 256 g/mol. The standard InChI is InChI=1S/C13H24N2OS/c1-10(2)15(6-4-7-16)13(11(3)14)12-5-8-17-9-12/h5,8-11,13,16H,4,6-7,14H2,1-3H3. The maximum atomic E-state index is 8.99. The summed E-state index contributed by atoms with van der Waals surface area (Å²) in [5, 5.41) is 13.3. The van der Waals surface area contributed by atoms with E-state index in [1.54, 1.807) is 11.3 Å². The Balaban J connectivity index is 2.86. The Morgan fingerprint density at radius 2 is 2.12 bits per heavy atom. The highest BCUT2D eigenvalue weighted by Crippen LogP contribution is 2.27. The third-order valence-electron chi connectivity index (χ3n) is 2.98. The van der Waals surface area contributed by atoms with E-state index in [0.717, 1.165) is 13.0 Å². The van der Waals surface area contributed by atoms with Gasteiger partial charge >= 0.3 is 0 Å². The van der Waals surface area contributed by atoms with Crippen LogP contribution in [0.5, 0.6) is 0 Å². The maximum Gasteiger partial charge on any atom is 0.0507 e. The lowest BCUT2D eigenvalue weighted by Crippen LogP contribution is -2.43. The molecule has 0 spiro atoms. The van der Waals surface area contributed by atoms with Gasteiger partial charge in [0.1, 0.15) is 0 Å². The van der Waals surface area contributed by atoms with Crippen molar-refractivity contribution in [2.45, 2.75) is 45.3 Å². The minimum absolute atomic E-state index is 0.0886. The van der Waals surface area contributed by atoms with Crippen LogP contribution in [0.25, 0.3) is 0 Å². The molecule has 3 N–H and O–H groups in total. The number of nitrogens with two attached hydrogens (primary N) is 1. The Kier molecular flexibility index (Phi) is 6.12. The van der Waals surface area contributed by atoms with Crippen molar-refractivity contribution in [3.8, 4) is 0 Å². The molecule has 0 saturated heterocycles. The van der Waals surface area contributed by atoms with Crippen LogP contribution in [0.1, 0.15) is 38.8 Å². The summed E-state index contributed by atoms with van der Waals surface area (Å²) in [6, 6.07) is 2.91. The Morgan fingerprint density at radius 3 is 2.53 bits per heavy atom. The molecule has 17 heavy (non-hydrogen) atoms. The largest absolute Gasteiger partial charge is 0.396 e. The first-order valence-corrected chi connectivity index (χ1v) is 7.16. The van der Waals surface area contributed by atoms with E-state index in [-0.39, 0.29) is 18.7 Å². The van der Waals surface area contributed by atoms with Gasteiger partial charge in [-0.15, -0.1) is 0 Å². The van der Waals surface area contributed by atoms with Crippen molar-refractivity contribution >= 4 is 11.3 Å². The Bertz CT molecular complexity index is 298. The molecule has 0 aliphatic rings. The highest BCUT2D eigenvalue weighted by atomic mass is 32.1. The molecule has 1 aromatic rings. The van der Waals surface area contributed by atoms with E-state index in [9.17, 15) is 0 Å². The number of hydrogen-bond donors (Lipinski definition) is 2. The molecule has 0 aromatic carbocycles. The lowest BCUT2D eigenvalue weighted by molar-refractivity contribution is 0.123. The average Bonchev–Trinajstić information content (AvgIpc) is 2.76. The van der Waals surface area contributed by atoms with Gasteiger partial charge in [0.25, 0.3) is 0 Å². The quantitative estimate of drug-likeness (QED) is 0.786. The van der Waals surface area contributed by atoms with E-state index in [1.807, 2.05) is 0 Å². The highest BCUT2D eigenvalue weighted by molar-refractivity contribution is 7.07. The molecule has 0 radical (unpaired) electrons. The molecule has 0 aliphatic carbocycles. The van der Waals surface area contributed by atoms with E-state index in [4.69, 9.17) is 10.8 Å². The zero-order valence-electron chi connectivity index (χ0n) is 11.0. The third kappa shape index (κ3) is 4.07. The van der Waals surface area contributed by atoms with Crippen molar-refractivity contribution in [1.29, 1.82) is 0 Å². The second-order valence-electron chi connectivity index (χ2n) is 4.77. The molecule has 0 fully saturated rings. The van der Waals surface area contributed by atoms with Crippen LogP contribution in [0.4, 0.5) is 0 Å². The van der Waals surface area contributed by atoms with Crippen LogP contribution in [-0.4, -0.2) is 35.2 Å². The Hall–Kier alpha value is -0.420. The van der Waals surface area contributed by atoms with E-state index in [0.29, 0.717) is 6.04 Å².